The van der Waals surface area contributed by atoms with E-state index in [0.717, 1.165) is 0 Å². The van der Waals surface area contributed by atoms with Gasteiger partial charge in [-0.25, -0.2) is 0 Å². The molecule has 4 nitrogen and oxygen atoms in total. The van der Waals surface area contributed by atoms with Crippen molar-refractivity contribution in [1.82, 2.24) is 0 Å². The van der Waals surface area contributed by atoms with Crippen molar-refractivity contribution < 1.29 is 14.4 Å². The second-order valence-corrected chi connectivity index (χ2v) is 5.75. The average molecular weight is 343 g/mol. The molecule has 0 saturated heterocycles. The zero-order valence-corrected chi connectivity index (χ0v) is 14.0. The van der Waals surface area contributed by atoms with E-state index >= 15 is 0 Å². The van der Waals surface area contributed by atoms with E-state index in [1.807, 2.05) is 6.07 Å². The number of Topliss-reactive ketones (excluding diaryl/α,β-unsaturated/α-hetero) is 2. The summed E-state index contributed by atoms with van der Waals surface area (Å²) in [7, 11) is 0. The van der Waals surface area contributed by atoms with Gasteiger partial charge in [-0.15, -0.1) is 0 Å². The average Bonchev–Trinajstić information content (AvgIpc) is 2.70. The minimum Gasteiger partial charge on any atom is -0.325 e. The number of benzene rings is 3. The second kappa shape index (κ2) is 8.03. The fraction of sp³-hybridized carbons (Fsp3) is 0.0455. The maximum absolute atomic E-state index is 12.9. The SMILES string of the molecule is O=C(Nc1ccccc1)C(C(=O)c1ccccc1)C(=O)c1ccccc1. The van der Waals surface area contributed by atoms with Crippen LogP contribution in [0.25, 0.3) is 0 Å². The summed E-state index contributed by atoms with van der Waals surface area (Å²) in [5.74, 6) is -3.13. The molecule has 4 heteroatoms. The van der Waals surface area contributed by atoms with Crippen molar-refractivity contribution in [1.29, 1.82) is 0 Å². The largest absolute Gasteiger partial charge is 0.325 e. The third-order valence-electron chi connectivity index (χ3n) is 3.94. The Morgan fingerprint density at radius 2 is 0.962 bits per heavy atom. The molecule has 3 aromatic rings. The second-order valence-electron chi connectivity index (χ2n) is 5.75. The Labute approximate surface area is 151 Å². The van der Waals surface area contributed by atoms with Crippen LogP contribution >= 0.6 is 0 Å². The molecule has 0 bridgehead atoms. The van der Waals surface area contributed by atoms with Gasteiger partial charge in [0.25, 0.3) is 0 Å². The van der Waals surface area contributed by atoms with Crippen LogP contribution in [0.2, 0.25) is 0 Å². The summed E-state index contributed by atoms with van der Waals surface area (Å²) in [6, 6.07) is 25.5. The number of hydrogen-bond acceptors (Lipinski definition) is 3. The van der Waals surface area contributed by atoms with Gasteiger partial charge in [0.05, 0.1) is 0 Å². The van der Waals surface area contributed by atoms with Crippen LogP contribution in [-0.4, -0.2) is 17.5 Å². The summed E-state index contributed by atoms with van der Waals surface area (Å²) in [5, 5.41) is 2.66. The number of carbonyl (C=O) groups excluding carboxylic acids is 3. The lowest BCUT2D eigenvalue weighted by molar-refractivity contribution is -0.117. The molecule has 0 aromatic heterocycles. The van der Waals surface area contributed by atoms with Crippen molar-refractivity contribution in [2.24, 2.45) is 5.92 Å². The summed E-state index contributed by atoms with van der Waals surface area (Å²) in [5.41, 5.74) is 1.18. The van der Waals surface area contributed by atoms with Crippen molar-refractivity contribution >= 4 is 23.2 Å². The van der Waals surface area contributed by atoms with E-state index in [1.165, 1.54) is 0 Å². The molecule has 0 aliphatic carbocycles. The third-order valence-corrected chi connectivity index (χ3v) is 3.94. The summed E-state index contributed by atoms with van der Waals surface area (Å²) < 4.78 is 0. The van der Waals surface area contributed by atoms with Crippen molar-refractivity contribution in [3.8, 4) is 0 Å². The molecule has 0 aliphatic heterocycles. The van der Waals surface area contributed by atoms with E-state index in [1.54, 1.807) is 84.9 Å². The first-order valence-corrected chi connectivity index (χ1v) is 8.21. The lowest BCUT2D eigenvalue weighted by Gasteiger charge is -2.15. The molecule has 0 fully saturated rings. The smallest absolute Gasteiger partial charge is 0.243 e. The van der Waals surface area contributed by atoms with Gasteiger partial charge in [0.2, 0.25) is 5.91 Å². The number of rotatable bonds is 6. The molecular weight excluding hydrogens is 326 g/mol. The predicted molar refractivity (Wildman–Crippen MR) is 100 cm³/mol. The van der Waals surface area contributed by atoms with Gasteiger partial charge in [-0.2, -0.15) is 0 Å². The highest BCUT2D eigenvalue weighted by Crippen LogP contribution is 2.18. The van der Waals surface area contributed by atoms with E-state index in [2.05, 4.69) is 5.32 Å². The lowest BCUT2D eigenvalue weighted by Crippen LogP contribution is -2.36. The van der Waals surface area contributed by atoms with E-state index in [9.17, 15) is 14.4 Å². The zero-order valence-electron chi connectivity index (χ0n) is 14.0. The first kappa shape index (κ1) is 17.3. The number of anilines is 1. The molecule has 26 heavy (non-hydrogen) atoms. The molecule has 0 radical (unpaired) electrons. The van der Waals surface area contributed by atoms with E-state index in [-0.39, 0.29) is 0 Å². The molecule has 0 saturated carbocycles. The molecule has 1 N–H and O–H groups in total. The molecule has 128 valence electrons. The molecule has 1 amide bonds. The molecule has 3 aromatic carbocycles. The van der Waals surface area contributed by atoms with Gasteiger partial charge in [-0.1, -0.05) is 78.9 Å². The maximum Gasteiger partial charge on any atom is 0.243 e. The van der Waals surface area contributed by atoms with Crippen molar-refractivity contribution in [2.75, 3.05) is 5.32 Å². The summed E-state index contributed by atoms with van der Waals surface area (Å²) >= 11 is 0. The van der Waals surface area contributed by atoms with Crippen LogP contribution in [0.1, 0.15) is 20.7 Å². The van der Waals surface area contributed by atoms with Gasteiger partial charge in [-0.3, -0.25) is 14.4 Å². The number of amides is 1. The quantitative estimate of drug-likeness (QED) is 0.543. The Morgan fingerprint density at radius 1 is 0.577 bits per heavy atom. The Bertz CT molecular complexity index is 854. The lowest BCUT2D eigenvalue weighted by atomic mass is 9.89. The van der Waals surface area contributed by atoms with Crippen LogP contribution < -0.4 is 5.32 Å². The van der Waals surface area contributed by atoms with Crippen LogP contribution in [0, 0.1) is 5.92 Å². The van der Waals surface area contributed by atoms with Gasteiger partial charge in [0.1, 0.15) is 0 Å². The fourth-order valence-corrected chi connectivity index (χ4v) is 2.63. The Morgan fingerprint density at radius 3 is 1.38 bits per heavy atom. The monoisotopic (exact) mass is 343 g/mol. The molecule has 0 atom stereocenters. The molecule has 0 spiro atoms. The summed E-state index contributed by atoms with van der Waals surface area (Å²) in [6.45, 7) is 0. The minimum atomic E-state index is -1.44. The zero-order chi connectivity index (χ0) is 18.4. The molecule has 0 heterocycles. The fourth-order valence-electron chi connectivity index (χ4n) is 2.63. The van der Waals surface area contributed by atoms with Gasteiger partial charge in [0, 0.05) is 16.8 Å². The minimum absolute atomic E-state index is 0.324. The van der Waals surface area contributed by atoms with Crippen molar-refractivity contribution in [3.63, 3.8) is 0 Å². The van der Waals surface area contributed by atoms with E-state index in [0.29, 0.717) is 16.8 Å². The van der Waals surface area contributed by atoms with Gasteiger partial charge in [0.15, 0.2) is 17.5 Å². The third kappa shape index (κ3) is 3.92. The van der Waals surface area contributed by atoms with Crippen LogP contribution in [0.5, 0.6) is 0 Å². The number of nitrogens with one attached hydrogen (secondary N) is 1. The number of para-hydroxylation sites is 1. The molecule has 0 aliphatic rings. The highest BCUT2D eigenvalue weighted by atomic mass is 16.2. The van der Waals surface area contributed by atoms with E-state index < -0.39 is 23.4 Å². The number of hydrogen-bond donors (Lipinski definition) is 1. The Balaban J connectivity index is 1.94. The normalized spacial score (nSPS) is 10.3. The predicted octanol–water partition coefficient (Wildman–Crippen LogP) is 4.01. The Hall–Kier alpha value is -3.53. The highest BCUT2D eigenvalue weighted by Gasteiger charge is 2.35. The maximum atomic E-state index is 12.9. The van der Waals surface area contributed by atoms with Crippen LogP contribution in [0.4, 0.5) is 5.69 Å². The summed E-state index contributed by atoms with van der Waals surface area (Å²) in [6.07, 6.45) is 0. The van der Waals surface area contributed by atoms with Crippen LogP contribution in [0.15, 0.2) is 91.0 Å². The van der Waals surface area contributed by atoms with Crippen LogP contribution in [-0.2, 0) is 4.79 Å². The van der Waals surface area contributed by atoms with Crippen molar-refractivity contribution in [3.05, 3.63) is 102 Å². The van der Waals surface area contributed by atoms with Crippen LogP contribution in [0.3, 0.4) is 0 Å². The summed E-state index contributed by atoms with van der Waals surface area (Å²) in [4.78, 5) is 38.6. The topological polar surface area (TPSA) is 63.2 Å². The van der Waals surface area contributed by atoms with Crippen molar-refractivity contribution in [2.45, 2.75) is 0 Å². The van der Waals surface area contributed by atoms with E-state index in [4.69, 9.17) is 0 Å². The molecule has 3 rings (SSSR count). The van der Waals surface area contributed by atoms with Gasteiger partial charge < -0.3 is 5.32 Å². The van der Waals surface area contributed by atoms with Gasteiger partial charge >= 0.3 is 0 Å². The number of ketones is 2. The first-order chi connectivity index (χ1) is 12.7. The molecule has 0 unspecified atom stereocenters. The standard InChI is InChI=1S/C22H17NO3/c24-20(16-10-4-1-5-11-16)19(21(25)17-12-6-2-7-13-17)22(26)23-18-14-8-3-9-15-18/h1-15,19H,(H,23,26). The Kier molecular flexibility index (Phi) is 5.34. The number of carbonyl (C=O) groups is 3. The molecular formula is C22H17NO3. The van der Waals surface area contributed by atoms with Gasteiger partial charge in [-0.05, 0) is 12.1 Å². The highest BCUT2D eigenvalue weighted by molar-refractivity contribution is 6.29. The first-order valence-electron chi connectivity index (χ1n) is 8.21.